The molecule has 3 nitrogen and oxygen atoms in total. The Morgan fingerprint density at radius 2 is 1.77 bits per heavy atom. The van der Waals surface area contributed by atoms with Crippen LogP contribution in [0.4, 0.5) is 5.69 Å². The highest BCUT2D eigenvalue weighted by Crippen LogP contribution is 2.30. The number of anilines is 1. The fourth-order valence-corrected chi connectivity index (χ4v) is 3.97. The van der Waals surface area contributed by atoms with Crippen molar-refractivity contribution in [2.24, 2.45) is 0 Å². The molecule has 0 spiro atoms. The molecular formula is C18H19NO2S. The van der Waals surface area contributed by atoms with Gasteiger partial charge in [-0.1, -0.05) is 6.42 Å². The van der Waals surface area contributed by atoms with Crippen LogP contribution in [0.3, 0.4) is 0 Å². The van der Waals surface area contributed by atoms with Gasteiger partial charge in [-0.2, -0.15) is 0 Å². The standard InChI is InChI=1S/C18H19NO2S/c1-12(20)13-7-9-14(10-8-13)19-18(21)16-11-22-17-6-4-2-3-5-15(16)17/h7-11H,2-6H2,1H3,(H,19,21). The number of nitrogens with one attached hydrogen (secondary N) is 1. The van der Waals surface area contributed by atoms with Gasteiger partial charge in [0.25, 0.3) is 5.91 Å². The van der Waals surface area contributed by atoms with Crippen LogP contribution in [0, 0.1) is 0 Å². The lowest BCUT2D eigenvalue weighted by atomic mass is 10.1. The molecule has 0 aliphatic heterocycles. The molecule has 1 aliphatic rings. The number of thiophene rings is 1. The average molecular weight is 313 g/mol. The normalized spacial score (nSPS) is 14.0. The third-order valence-corrected chi connectivity index (χ3v) is 5.19. The van der Waals surface area contributed by atoms with Gasteiger partial charge in [0.15, 0.2) is 5.78 Å². The van der Waals surface area contributed by atoms with E-state index in [1.165, 1.54) is 30.2 Å². The first-order valence-electron chi connectivity index (χ1n) is 7.67. The Kier molecular flexibility index (Phi) is 4.39. The Morgan fingerprint density at radius 1 is 1.05 bits per heavy atom. The maximum absolute atomic E-state index is 12.5. The smallest absolute Gasteiger partial charge is 0.256 e. The van der Waals surface area contributed by atoms with E-state index < -0.39 is 0 Å². The van der Waals surface area contributed by atoms with E-state index in [4.69, 9.17) is 0 Å². The summed E-state index contributed by atoms with van der Waals surface area (Å²) in [5.41, 5.74) is 3.43. The first-order chi connectivity index (χ1) is 10.6. The number of benzene rings is 1. The second-order valence-electron chi connectivity index (χ2n) is 5.70. The van der Waals surface area contributed by atoms with Gasteiger partial charge in [0.1, 0.15) is 0 Å². The van der Waals surface area contributed by atoms with E-state index in [1.54, 1.807) is 35.6 Å². The van der Waals surface area contributed by atoms with Crippen LogP contribution >= 0.6 is 11.3 Å². The van der Waals surface area contributed by atoms with Crippen molar-refractivity contribution in [2.45, 2.75) is 39.0 Å². The number of ketones is 1. The highest BCUT2D eigenvalue weighted by Gasteiger charge is 2.19. The van der Waals surface area contributed by atoms with E-state index in [0.717, 1.165) is 30.5 Å². The summed E-state index contributed by atoms with van der Waals surface area (Å²) in [7, 11) is 0. The number of aryl methyl sites for hydroxylation is 1. The van der Waals surface area contributed by atoms with Gasteiger partial charge in [-0.25, -0.2) is 0 Å². The molecule has 22 heavy (non-hydrogen) atoms. The first-order valence-corrected chi connectivity index (χ1v) is 8.54. The molecule has 0 bridgehead atoms. The maximum Gasteiger partial charge on any atom is 0.256 e. The quantitative estimate of drug-likeness (QED) is 0.671. The Hall–Kier alpha value is -1.94. The third kappa shape index (κ3) is 3.12. The molecule has 2 aromatic rings. The summed E-state index contributed by atoms with van der Waals surface area (Å²) in [6.45, 7) is 1.54. The summed E-state index contributed by atoms with van der Waals surface area (Å²) in [5, 5.41) is 4.92. The zero-order valence-electron chi connectivity index (χ0n) is 12.6. The lowest BCUT2D eigenvalue weighted by Gasteiger charge is -2.07. The molecule has 1 heterocycles. The number of carbonyl (C=O) groups excluding carboxylic acids is 2. The second kappa shape index (κ2) is 6.44. The van der Waals surface area contributed by atoms with Gasteiger partial charge in [0, 0.05) is 21.5 Å². The van der Waals surface area contributed by atoms with Crippen LogP contribution in [0.25, 0.3) is 0 Å². The number of amides is 1. The summed E-state index contributed by atoms with van der Waals surface area (Å²) < 4.78 is 0. The molecule has 114 valence electrons. The Bertz CT molecular complexity index is 700. The van der Waals surface area contributed by atoms with Gasteiger partial charge >= 0.3 is 0 Å². The molecule has 3 rings (SSSR count). The van der Waals surface area contributed by atoms with Crippen molar-refractivity contribution in [1.29, 1.82) is 0 Å². The van der Waals surface area contributed by atoms with Crippen molar-refractivity contribution < 1.29 is 9.59 Å². The lowest BCUT2D eigenvalue weighted by Crippen LogP contribution is -2.13. The fourth-order valence-electron chi connectivity index (χ4n) is 2.85. The predicted octanol–water partition coefficient (Wildman–Crippen LogP) is 4.47. The summed E-state index contributed by atoms with van der Waals surface area (Å²) in [6, 6.07) is 7.04. The summed E-state index contributed by atoms with van der Waals surface area (Å²) in [6.07, 6.45) is 5.73. The van der Waals surface area contributed by atoms with Gasteiger partial charge in [-0.15, -0.1) is 11.3 Å². The first kappa shape index (κ1) is 15.0. The molecular weight excluding hydrogens is 294 g/mol. The van der Waals surface area contributed by atoms with Crippen molar-refractivity contribution in [3.05, 3.63) is 51.2 Å². The SMILES string of the molecule is CC(=O)c1ccc(NC(=O)c2csc3c2CCCCC3)cc1. The Morgan fingerprint density at radius 3 is 2.50 bits per heavy atom. The topological polar surface area (TPSA) is 46.2 Å². The molecule has 1 aromatic carbocycles. The van der Waals surface area contributed by atoms with Crippen molar-refractivity contribution >= 4 is 28.7 Å². The van der Waals surface area contributed by atoms with Gasteiger partial charge in [-0.05, 0) is 62.4 Å². The minimum atomic E-state index is -0.0463. The monoisotopic (exact) mass is 313 g/mol. The van der Waals surface area contributed by atoms with E-state index in [0.29, 0.717) is 5.56 Å². The molecule has 1 aliphatic carbocycles. The van der Waals surface area contributed by atoms with Crippen LogP contribution in [-0.2, 0) is 12.8 Å². The number of carbonyl (C=O) groups is 2. The van der Waals surface area contributed by atoms with Gasteiger partial charge in [-0.3, -0.25) is 9.59 Å². The largest absolute Gasteiger partial charge is 0.322 e. The van der Waals surface area contributed by atoms with Crippen LogP contribution in [0.2, 0.25) is 0 Å². The summed E-state index contributed by atoms with van der Waals surface area (Å²) in [4.78, 5) is 25.1. The van der Waals surface area contributed by atoms with Crippen molar-refractivity contribution in [3.63, 3.8) is 0 Å². The minimum Gasteiger partial charge on any atom is -0.322 e. The molecule has 0 fully saturated rings. The highest BCUT2D eigenvalue weighted by molar-refractivity contribution is 7.10. The van der Waals surface area contributed by atoms with E-state index in [-0.39, 0.29) is 11.7 Å². The predicted molar refractivity (Wildman–Crippen MR) is 90.0 cm³/mol. The van der Waals surface area contributed by atoms with E-state index in [9.17, 15) is 9.59 Å². The summed E-state index contributed by atoms with van der Waals surface area (Å²) >= 11 is 1.71. The molecule has 1 aromatic heterocycles. The Balaban J connectivity index is 1.77. The number of hydrogen-bond acceptors (Lipinski definition) is 3. The molecule has 1 N–H and O–H groups in total. The number of fused-ring (bicyclic) bond motifs is 1. The fraction of sp³-hybridized carbons (Fsp3) is 0.333. The Labute approximate surface area is 134 Å². The number of hydrogen-bond donors (Lipinski definition) is 1. The molecule has 0 radical (unpaired) electrons. The van der Waals surface area contributed by atoms with Crippen molar-refractivity contribution in [1.82, 2.24) is 0 Å². The molecule has 0 atom stereocenters. The maximum atomic E-state index is 12.5. The van der Waals surface area contributed by atoms with Crippen LogP contribution in [0.15, 0.2) is 29.6 Å². The number of rotatable bonds is 3. The zero-order valence-corrected chi connectivity index (χ0v) is 13.5. The number of Topliss-reactive ketones (excluding diaryl/α,β-unsaturated/α-hetero) is 1. The highest BCUT2D eigenvalue weighted by atomic mass is 32.1. The van der Waals surface area contributed by atoms with E-state index in [2.05, 4.69) is 5.32 Å². The van der Waals surface area contributed by atoms with Crippen LogP contribution in [-0.4, -0.2) is 11.7 Å². The minimum absolute atomic E-state index is 0.0287. The van der Waals surface area contributed by atoms with Crippen LogP contribution in [0.1, 0.15) is 57.3 Å². The van der Waals surface area contributed by atoms with Crippen LogP contribution < -0.4 is 5.32 Å². The lowest BCUT2D eigenvalue weighted by molar-refractivity contribution is 0.101. The van der Waals surface area contributed by atoms with Gasteiger partial charge < -0.3 is 5.32 Å². The zero-order chi connectivity index (χ0) is 15.5. The van der Waals surface area contributed by atoms with Crippen molar-refractivity contribution in [2.75, 3.05) is 5.32 Å². The second-order valence-corrected chi connectivity index (χ2v) is 6.66. The molecule has 0 saturated heterocycles. The molecule has 1 amide bonds. The van der Waals surface area contributed by atoms with Gasteiger partial charge in [0.2, 0.25) is 0 Å². The average Bonchev–Trinajstić information content (AvgIpc) is 2.77. The molecule has 4 heteroatoms. The van der Waals surface area contributed by atoms with Gasteiger partial charge in [0.05, 0.1) is 5.56 Å². The molecule has 0 saturated carbocycles. The van der Waals surface area contributed by atoms with Crippen LogP contribution in [0.5, 0.6) is 0 Å². The van der Waals surface area contributed by atoms with Crippen molar-refractivity contribution in [3.8, 4) is 0 Å². The summed E-state index contributed by atoms with van der Waals surface area (Å²) in [5.74, 6) is -0.0176. The molecule has 0 unspecified atom stereocenters. The third-order valence-electron chi connectivity index (χ3n) is 4.11. The van der Waals surface area contributed by atoms with E-state index in [1.807, 2.05) is 5.38 Å². The van der Waals surface area contributed by atoms with E-state index >= 15 is 0 Å².